The topological polar surface area (TPSA) is 76.1 Å². The maximum atomic E-state index is 13.6. The summed E-state index contributed by atoms with van der Waals surface area (Å²) in [6.45, 7) is 0. The molecule has 1 aromatic heterocycles. The molecule has 0 atom stereocenters. The van der Waals surface area contributed by atoms with Crippen LogP contribution in [0, 0.1) is 11.6 Å². The number of rotatable bonds is 5. The minimum absolute atomic E-state index is 0.0153. The molecule has 0 unspecified atom stereocenters. The van der Waals surface area contributed by atoms with Crippen molar-refractivity contribution in [2.24, 2.45) is 0 Å². The van der Waals surface area contributed by atoms with Crippen LogP contribution in [-0.2, 0) is 0 Å². The van der Waals surface area contributed by atoms with Crippen LogP contribution in [0.25, 0.3) is 0 Å². The molecule has 2 N–H and O–H groups in total. The van der Waals surface area contributed by atoms with Crippen molar-refractivity contribution in [3.8, 4) is 5.75 Å². The summed E-state index contributed by atoms with van der Waals surface area (Å²) in [5.74, 6) is -1.49. The van der Waals surface area contributed by atoms with Gasteiger partial charge in [-0.05, 0) is 42.5 Å². The van der Waals surface area contributed by atoms with E-state index in [4.69, 9.17) is 16.3 Å². The molecule has 1 heterocycles. The molecular weight excluding hydrogens is 378 g/mol. The molecule has 27 heavy (non-hydrogen) atoms. The van der Waals surface area contributed by atoms with Gasteiger partial charge in [-0.3, -0.25) is 4.79 Å². The summed E-state index contributed by atoms with van der Waals surface area (Å²) in [4.78, 5) is 12.2. The first-order valence-electron chi connectivity index (χ1n) is 7.67. The molecule has 0 aliphatic carbocycles. The first-order valence-corrected chi connectivity index (χ1v) is 8.05. The van der Waals surface area contributed by atoms with Gasteiger partial charge in [-0.15, -0.1) is 10.2 Å². The maximum absolute atomic E-state index is 13.6. The van der Waals surface area contributed by atoms with Gasteiger partial charge in [0.15, 0.2) is 11.5 Å². The smallest absolute Gasteiger partial charge is 0.276 e. The molecule has 138 valence electrons. The molecule has 0 bridgehead atoms. The molecule has 9 heteroatoms. The number of amides is 1. The third kappa shape index (κ3) is 4.29. The number of aromatic nitrogens is 2. The van der Waals surface area contributed by atoms with E-state index >= 15 is 0 Å². The molecule has 0 aliphatic rings. The van der Waals surface area contributed by atoms with Crippen LogP contribution in [0.3, 0.4) is 0 Å². The first kappa shape index (κ1) is 18.5. The quantitative estimate of drug-likeness (QED) is 0.674. The summed E-state index contributed by atoms with van der Waals surface area (Å²) in [6, 6.07) is 11.0. The van der Waals surface area contributed by atoms with E-state index < -0.39 is 17.5 Å². The predicted octanol–water partition coefficient (Wildman–Crippen LogP) is 4.41. The van der Waals surface area contributed by atoms with E-state index in [1.165, 1.54) is 31.4 Å². The lowest BCUT2D eigenvalue weighted by Crippen LogP contribution is -2.14. The standard InChI is InChI=1S/C18H13ClF2N4O2/c1-27-15-7-5-10(9-11(15)19)22-18(26)14-6-8-16(25-24-14)23-17-12(20)3-2-4-13(17)21/h2-9H,1H3,(H,22,26)(H,23,25). The molecule has 1 amide bonds. The minimum Gasteiger partial charge on any atom is -0.495 e. The number of benzene rings is 2. The van der Waals surface area contributed by atoms with Crippen LogP contribution in [0.4, 0.5) is 26.0 Å². The molecule has 0 aliphatic heterocycles. The van der Waals surface area contributed by atoms with Crippen molar-refractivity contribution in [3.63, 3.8) is 0 Å². The van der Waals surface area contributed by atoms with Gasteiger partial charge in [0.2, 0.25) is 0 Å². The molecule has 0 fully saturated rings. The van der Waals surface area contributed by atoms with Gasteiger partial charge < -0.3 is 15.4 Å². The lowest BCUT2D eigenvalue weighted by atomic mass is 10.2. The molecule has 6 nitrogen and oxygen atoms in total. The summed E-state index contributed by atoms with van der Waals surface area (Å²) in [5, 5.41) is 13.0. The number of hydrogen-bond acceptors (Lipinski definition) is 5. The molecular formula is C18H13ClF2N4O2. The predicted molar refractivity (Wildman–Crippen MR) is 97.6 cm³/mol. The second-order valence-electron chi connectivity index (χ2n) is 5.33. The number of carbonyl (C=O) groups is 1. The van der Waals surface area contributed by atoms with E-state index in [2.05, 4.69) is 20.8 Å². The van der Waals surface area contributed by atoms with Crippen molar-refractivity contribution in [3.05, 3.63) is 70.9 Å². The van der Waals surface area contributed by atoms with E-state index in [-0.39, 0.29) is 17.2 Å². The van der Waals surface area contributed by atoms with Crippen molar-refractivity contribution in [2.75, 3.05) is 17.7 Å². The molecule has 2 aromatic carbocycles. The Kier molecular flexibility index (Phi) is 5.46. The Hall–Kier alpha value is -3.26. The number of nitrogens with one attached hydrogen (secondary N) is 2. The van der Waals surface area contributed by atoms with E-state index in [1.54, 1.807) is 12.1 Å². The Balaban J connectivity index is 1.71. The Morgan fingerprint density at radius 1 is 1.07 bits per heavy atom. The Morgan fingerprint density at radius 3 is 2.41 bits per heavy atom. The fourth-order valence-electron chi connectivity index (χ4n) is 2.20. The molecule has 0 spiro atoms. The molecule has 3 rings (SSSR count). The Bertz CT molecular complexity index is 963. The summed E-state index contributed by atoms with van der Waals surface area (Å²) in [6.07, 6.45) is 0. The second kappa shape index (κ2) is 7.96. The number of nitrogens with zero attached hydrogens (tertiary/aromatic N) is 2. The maximum Gasteiger partial charge on any atom is 0.276 e. The zero-order valence-corrected chi connectivity index (χ0v) is 14.7. The van der Waals surface area contributed by atoms with Gasteiger partial charge >= 0.3 is 0 Å². The molecule has 3 aromatic rings. The van der Waals surface area contributed by atoms with E-state index in [0.29, 0.717) is 16.5 Å². The summed E-state index contributed by atoms with van der Waals surface area (Å²) in [5.41, 5.74) is 0.113. The number of methoxy groups -OCH3 is 1. The van der Waals surface area contributed by atoms with Crippen LogP contribution >= 0.6 is 11.6 Å². The second-order valence-corrected chi connectivity index (χ2v) is 5.74. The minimum atomic E-state index is -0.769. The van der Waals surface area contributed by atoms with Crippen molar-refractivity contribution < 1.29 is 18.3 Å². The van der Waals surface area contributed by atoms with Crippen LogP contribution in [0.2, 0.25) is 5.02 Å². The zero-order chi connectivity index (χ0) is 19.4. The summed E-state index contributed by atoms with van der Waals surface area (Å²) >= 11 is 6.01. The van der Waals surface area contributed by atoms with Gasteiger partial charge in [0.05, 0.1) is 12.1 Å². The Morgan fingerprint density at radius 2 is 1.81 bits per heavy atom. The highest BCUT2D eigenvalue weighted by molar-refractivity contribution is 6.32. The van der Waals surface area contributed by atoms with E-state index in [1.807, 2.05) is 0 Å². The van der Waals surface area contributed by atoms with Crippen LogP contribution in [0.1, 0.15) is 10.5 Å². The molecule has 0 saturated heterocycles. The van der Waals surface area contributed by atoms with Crippen molar-refractivity contribution >= 4 is 34.7 Å². The fraction of sp³-hybridized carbons (Fsp3) is 0.0556. The monoisotopic (exact) mass is 390 g/mol. The number of hydrogen-bond donors (Lipinski definition) is 2. The number of carbonyl (C=O) groups excluding carboxylic acids is 1. The fourth-order valence-corrected chi connectivity index (χ4v) is 2.46. The average molecular weight is 391 g/mol. The van der Waals surface area contributed by atoms with Crippen LogP contribution in [0.5, 0.6) is 5.75 Å². The van der Waals surface area contributed by atoms with Gasteiger partial charge in [-0.25, -0.2) is 8.78 Å². The number of anilines is 3. The van der Waals surface area contributed by atoms with Crippen LogP contribution in [-0.4, -0.2) is 23.2 Å². The summed E-state index contributed by atoms with van der Waals surface area (Å²) in [7, 11) is 1.48. The highest BCUT2D eigenvalue weighted by Crippen LogP contribution is 2.27. The largest absolute Gasteiger partial charge is 0.495 e. The third-order valence-electron chi connectivity index (χ3n) is 3.52. The van der Waals surface area contributed by atoms with Crippen molar-refractivity contribution in [2.45, 2.75) is 0 Å². The number of ether oxygens (including phenoxy) is 1. The number of para-hydroxylation sites is 1. The molecule has 0 saturated carbocycles. The highest BCUT2D eigenvalue weighted by atomic mass is 35.5. The average Bonchev–Trinajstić information content (AvgIpc) is 2.65. The van der Waals surface area contributed by atoms with Crippen molar-refractivity contribution in [1.29, 1.82) is 0 Å². The van der Waals surface area contributed by atoms with Crippen molar-refractivity contribution in [1.82, 2.24) is 10.2 Å². The van der Waals surface area contributed by atoms with Gasteiger partial charge in [0.1, 0.15) is 23.1 Å². The number of halogens is 3. The SMILES string of the molecule is COc1ccc(NC(=O)c2ccc(Nc3c(F)cccc3F)nn2)cc1Cl. The van der Waals surface area contributed by atoms with Gasteiger partial charge in [-0.2, -0.15) is 0 Å². The van der Waals surface area contributed by atoms with Crippen LogP contribution < -0.4 is 15.4 Å². The summed E-state index contributed by atoms with van der Waals surface area (Å²) < 4.78 is 32.3. The zero-order valence-electron chi connectivity index (χ0n) is 14.0. The van der Waals surface area contributed by atoms with E-state index in [9.17, 15) is 13.6 Å². The van der Waals surface area contributed by atoms with Gasteiger partial charge in [0, 0.05) is 5.69 Å². The third-order valence-corrected chi connectivity index (χ3v) is 3.82. The lowest BCUT2D eigenvalue weighted by molar-refractivity contribution is 0.102. The van der Waals surface area contributed by atoms with Gasteiger partial charge in [0.25, 0.3) is 5.91 Å². The van der Waals surface area contributed by atoms with Gasteiger partial charge in [-0.1, -0.05) is 17.7 Å². The highest BCUT2D eigenvalue weighted by Gasteiger charge is 2.12. The normalized spacial score (nSPS) is 10.4. The Labute approximate surface area is 158 Å². The lowest BCUT2D eigenvalue weighted by Gasteiger charge is -2.09. The van der Waals surface area contributed by atoms with Crippen LogP contribution in [0.15, 0.2) is 48.5 Å². The molecule has 0 radical (unpaired) electrons. The first-order chi connectivity index (χ1) is 13.0. The van der Waals surface area contributed by atoms with E-state index in [0.717, 1.165) is 12.1 Å².